The van der Waals surface area contributed by atoms with Crippen LogP contribution in [0.25, 0.3) is 0 Å². The van der Waals surface area contributed by atoms with Crippen molar-refractivity contribution >= 4 is 15.9 Å². The molecule has 3 N–H and O–H groups in total. The third kappa shape index (κ3) is 3.26. The monoisotopic (exact) mass is 337 g/mol. The Kier molecular flexibility index (Phi) is 4.91. The summed E-state index contributed by atoms with van der Waals surface area (Å²) in [6.45, 7) is 2.33. The van der Waals surface area contributed by atoms with E-state index in [2.05, 4.69) is 15.9 Å². The minimum atomic E-state index is -0.764. The van der Waals surface area contributed by atoms with Crippen molar-refractivity contribution in [2.45, 2.75) is 18.9 Å². The standard InChI is InChI=1S/C16H17BrFNO/c1-10-2-4-11(5-3-10)13(9-19)16(20)12-6-7-15(18)14(17)8-12/h2-8,13,16,20H,9,19H2,1H3. The van der Waals surface area contributed by atoms with Crippen molar-refractivity contribution in [3.63, 3.8) is 0 Å². The Balaban J connectivity index is 2.30. The van der Waals surface area contributed by atoms with E-state index in [4.69, 9.17) is 5.73 Å². The fourth-order valence-electron chi connectivity index (χ4n) is 2.19. The van der Waals surface area contributed by atoms with Gasteiger partial charge in [-0.05, 0) is 46.1 Å². The SMILES string of the molecule is Cc1ccc(C(CN)C(O)c2ccc(F)c(Br)c2)cc1. The van der Waals surface area contributed by atoms with Gasteiger partial charge < -0.3 is 10.8 Å². The molecule has 0 aliphatic heterocycles. The number of nitrogens with two attached hydrogens (primary N) is 1. The van der Waals surface area contributed by atoms with E-state index in [1.807, 2.05) is 31.2 Å². The number of hydrogen-bond donors (Lipinski definition) is 2. The summed E-state index contributed by atoms with van der Waals surface area (Å²) in [6.07, 6.45) is -0.764. The minimum absolute atomic E-state index is 0.215. The fraction of sp³-hybridized carbons (Fsp3) is 0.250. The molecule has 0 saturated carbocycles. The molecule has 2 rings (SSSR count). The molecule has 0 heterocycles. The highest BCUT2D eigenvalue weighted by atomic mass is 79.9. The predicted octanol–water partition coefficient (Wildman–Crippen LogP) is 3.67. The van der Waals surface area contributed by atoms with Crippen LogP contribution in [0.5, 0.6) is 0 Å². The third-order valence-corrected chi connectivity index (χ3v) is 4.03. The molecule has 0 spiro atoms. The Hall–Kier alpha value is -1.23. The molecule has 4 heteroatoms. The van der Waals surface area contributed by atoms with E-state index < -0.39 is 6.10 Å². The molecule has 2 nitrogen and oxygen atoms in total. The number of aryl methyl sites for hydroxylation is 1. The molecular weight excluding hydrogens is 321 g/mol. The van der Waals surface area contributed by atoms with Crippen LogP contribution in [0.2, 0.25) is 0 Å². The highest BCUT2D eigenvalue weighted by Crippen LogP contribution is 2.32. The molecule has 106 valence electrons. The Bertz CT molecular complexity index is 586. The second-order valence-electron chi connectivity index (χ2n) is 4.87. The van der Waals surface area contributed by atoms with Crippen molar-refractivity contribution < 1.29 is 9.50 Å². The predicted molar refractivity (Wildman–Crippen MR) is 82.0 cm³/mol. The summed E-state index contributed by atoms with van der Waals surface area (Å²) in [5, 5.41) is 10.5. The van der Waals surface area contributed by atoms with Gasteiger partial charge in [0.2, 0.25) is 0 Å². The molecular formula is C16H17BrFNO. The lowest BCUT2D eigenvalue weighted by atomic mass is 9.89. The number of aliphatic hydroxyl groups is 1. The summed E-state index contributed by atoms with van der Waals surface area (Å²) >= 11 is 3.13. The summed E-state index contributed by atoms with van der Waals surface area (Å²) in [4.78, 5) is 0. The molecule has 2 unspecified atom stereocenters. The van der Waals surface area contributed by atoms with E-state index in [9.17, 15) is 9.50 Å². The average Bonchev–Trinajstić information content (AvgIpc) is 2.44. The zero-order chi connectivity index (χ0) is 14.7. The highest BCUT2D eigenvalue weighted by molar-refractivity contribution is 9.10. The zero-order valence-corrected chi connectivity index (χ0v) is 12.8. The first kappa shape index (κ1) is 15.2. The second kappa shape index (κ2) is 6.48. The van der Waals surface area contributed by atoms with Crippen LogP contribution in [0, 0.1) is 12.7 Å². The number of benzene rings is 2. The van der Waals surface area contributed by atoms with Gasteiger partial charge in [-0.1, -0.05) is 35.9 Å². The topological polar surface area (TPSA) is 46.2 Å². The second-order valence-corrected chi connectivity index (χ2v) is 5.73. The molecule has 20 heavy (non-hydrogen) atoms. The van der Waals surface area contributed by atoms with E-state index in [-0.39, 0.29) is 11.7 Å². The van der Waals surface area contributed by atoms with Crippen molar-refractivity contribution in [3.8, 4) is 0 Å². The van der Waals surface area contributed by atoms with Crippen LogP contribution in [0.3, 0.4) is 0 Å². The Labute approximate surface area is 126 Å². The van der Waals surface area contributed by atoms with Gasteiger partial charge in [-0.25, -0.2) is 4.39 Å². The molecule has 0 aliphatic carbocycles. The normalized spacial score (nSPS) is 14.1. The van der Waals surface area contributed by atoms with Crippen LogP contribution in [-0.4, -0.2) is 11.7 Å². The minimum Gasteiger partial charge on any atom is -0.388 e. The van der Waals surface area contributed by atoms with Crippen LogP contribution in [0.4, 0.5) is 4.39 Å². The van der Waals surface area contributed by atoms with E-state index in [0.717, 1.165) is 11.1 Å². The van der Waals surface area contributed by atoms with Gasteiger partial charge in [0.05, 0.1) is 10.6 Å². The summed E-state index contributed by atoms with van der Waals surface area (Å²) in [7, 11) is 0. The first-order chi connectivity index (χ1) is 9.52. The maximum Gasteiger partial charge on any atom is 0.137 e. The van der Waals surface area contributed by atoms with Gasteiger partial charge in [-0.15, -0.1) is 0 Å². The van der Waals surface area contributed by atoms with Crippen LogP contribution in [-0.2, 0) is 0 Å². The number of rotatable bonds is 4. The van der Waals surface area contributed by atoms with E-state index in [1.54, 1.807) is 12.1 Å². The highest BCUT2D eigenvalue weighted by Gasteiger charge is 2.22. The number of halogens is 2. The lowest BCUT2D eigenvalue weighted by molar-refractivity contribution is 0.147. The third-order valence-electron chi connectivity index (χ3n) is 3.43. The molecule has 0 bridgehead atoms. The molecule has 0 saturated heterocycles. The molecule has 2 aromatic carbocycles. The summed E-state index contributed by atoms with van der Waals surface area (Å²) in [6, 6.07) is 12.4. The quantitative estimate of drug-likeness (QED) is 0.893. The smallest absolute Gasteiger partial charge is 0.137 e. The first-order valence-corrected chi connectivity index (χ1v) is 7.22. The lowest BCUT2D eigenvalue weighted by Gasteiger charge is -2.22. The molecule has 2 atom stereocenters. The Morgan fingerprint density at radius 2 is 1.75 bits per heavy atom. The maximum atomic E-state index is 13.3. The number of hydrogen-bond acceptors (Lipinski definition) is 2. The van der Waals surface area contributed by atoms with E-state index in [0.29, 0.717) is 16.6 Å². The maximum absolute atomic E-state index is 13.3. The lowest BCUT2D eigenvalue weighted by Crippen LogP contribution is -2.20. The van der Waals surface area contributed by atoms with Crippen molar-refractivity contribution in [2.75, 3.05) is 6.54 Å². The van der Waals surface area contributed by atoms with Crippen LogP contribution < -0.4 is 5.73 Å². The van der Waals surface area contributed by atoms with E-state index in [1.165, 1.54) is 6.07 Å². The number of aliphatic hydroxyl groups excluding tert-OH is 1. The fourth-order valence-corrected chi connectivity index (χ4v) is 2.59. The molecule has 0 amide bonds. The van der Waals surface area contributed by atoms with Gasteiger partial charge in [-0.3, -0.25) is 0 Å². The Morgan fingerprint density at radius 1 is 1.15 bits per heavy atom. The zero-order valence-electron chi connectivity index (χ0n) is 11.2. The molecule has 0 radical (unpaired) electrons. The summed E-state index contributed by atoms with van der Waals surface area (Å²) in [5.41, 5.74) is 8.58. The largest absolute Gasteiger partial charge is 0.388 e. The Morgan fingerprint density at radius 3 is 2.30 bits per heavy atom. The molecule has 0 fully saturated rings. The summed E-state index contributed by atoms with van der Waals surface area (Å²) in [5.74, 6) is -0.562. The van der Waals surface area contributed by atoms with Crippen LogP contribution in [0.1, 0.15) is 28.7 Å². The molecule has 0 aliphatic rings. The van der Waals surface area contributed by atoms with E-state index >= 15 is 0 Å². The van der Waals surface area contributed by atoms with Crippen molar-refractivity contribution in [1.29, 1.82) is 0 Å². The van der Waals surface area contributed by atoms with Gasteiger partial charge in [-0.2, -0.15) is 0 Å². The van der Waals surface area contributed by atoms with Crippen molar-refractivity contribution in [2.24, 2.45) is 5.73 Å². The van der Waals surface area contributed by atoms with Gasteiger partial charge in [0.15, 0.2) is 0 Å². The van der Waals surface area contributed by atoms with Gasteiger partial charge in [0, 0.05) is 12.5 Å². The summed E-state index contributed by atoms with van der Waals surface area (Å²) < 4.78 is 13.6. The average molecular weight is 338 g/mol. The molecule has 2 aromatic rings. The van der Waals surface area contributed by atoms with Crippen molar-refractivity contribution in [1.82, 2.24) is 0 Å². The molecule has 0 aromatic heterocycles. The van der Waals surface area contributed by atoms with Gasteiger partial charge in [0.1, 0.15) is 5.82 Å². The van der Waals surface area contributed by atoms with Gasteiger partial charge in [0.25, 0.3) is 0 Å². The first-order valence-electron chi connectivity index (χ1n) is 6.42. The van der Waals surface area contributed by atoms with Gasteiger partial charge >= 0.3 is 0 Å². The van der Waals surface area contributed by atoms with Crippen LogP contribution >= 0.6 is 15.9 Å². The van der Waals surface area contributed by atoms with Crippen LogP contribution in [0.15, 0.2) is 46.9 Å². The van der Waals surface area contributed by atoms with Crippen molar-refractivity contribution in [3.05, 3.63) is 69.4 Å².